The van der Waals surface area contributed by atoms with Crippen LogP contribution < -0.4 is 0 Å². The fraction of sp³-hybridized carbons (Fsp3) is 0.750. The van der Waals surface area contributed by atoms with Crippen molar-refractivity contribution in [1.82, 2.24) is 0 Å². The zero-order valence-electron chi connectivity index (χ0n) is 4.33. The lowest BCUT2D eigenvalue weighted by Crippen LogP contribution is -1.93. The van der Waals surface area contributed by atoms with E-state index in [2.05, 4.69) is 0 Å². The maximum absolute atomic E-state index is 9.77. The second-order valence-electron chi connectivity index (χ2n) is 1.35. The van der Waals surface area contributed by atoms with Crippen molar-refractivity contribution in [3.63, 3.8) is 0 Å². The summed E-state index contributed by atoms with van der Waals surface area (Å²) >= 11 is 0. The molecule has 0 bridgehead atoms. The van der Waals surface area contributed by atoms with Crippen molar-refractivity contribution in [3.05, 3.63) is 0 Å². The lowest BCUT2D eigenvalue weighted by atomic mass is 10.3. The van der Waals surface area contributed by atoms with Crippen LogP contribution in [0.3, 0.4) is 0 Å². The average molecular weight is 134 g/mol. The van der Waals surface area contributed by atoms with Gasteiger partial charge in [-0.2, -0.15) is 0 Å². The Kier molecular flexibility index (Phi) is 4.47. The van der Waals surface area contributed by atoms with Crippen molar-refractivity contribution >= 4 is 14.4 Å². The molecule has 0 aliphatic heterocycles. The number of rotatable bonds is 4. The quantitative estimate of drug-likeness (QED) is 0.463. The summed E-state index contributed by atoms with van der Waals surface area (Å²) < 4.78 is 9.69. The molecule has 0 saturated heterocycles. The minimum absolute atomic E-state index is 0.0371. The molecular weight excluding hydrogens is 127 g/mol. The predicted molar refractivity (Wildman–Crippen MR) is 29.3 cm³/mol. The summed E-state index contributed by atoms with van der Waals surface area (Å²) in [5.41, 5.74) is 0. The van der Waals surface area contributed by atoms with Crippen LogP contribution in [0.5, 0.6) is 0 Å². The topological polar surface area (TPSA) is 54.4 Å². The van der Waals surface area contributed by atoms with Crippen LogP contribution in [0.2, 0.25) is 0 Å². The van der Waals surface area contributed by atoms with Crippen LogP contribution in [0.25, 0.3) is 0 Å². The highest BCUT2D eigenvalue weighted by Crippen LogP contribution is 1.97. The summed E-state index contributed by atoms with van der Waals surface area (Å²) in [5.74, 6) is -0.825. The molecule has 4 heteroatoms. The molecule has 1 N–H and O–H groups in total. The van der Waals surface area contributed by atoms with Crippen LogP contribution in [0.15, 0.2) is 0 Å². The smallest absolute Gasteiger partial charge is 0.303 e. The molecule has 0 aliphatic carbocycles. The molecule has 0 fully saturated rings. The van der Waals surface area contributed by atoms with Crippen molar-refractivity contribution in [1.29, 1.82) is 0 Å². The van der Waals surface area contributed by atoms with E-state index in [4.69, 9.17) is 5.11 Å². The van der Waals surface area contributed by atoms with E-state index < -0.39 is 5.97 Å². The molecule has 0 amide bonds. The van der Waals surface area contributed by atoms with E-state index in [1.165, 1.54) is 0 Å². The summed E-state index contributed by atoms with van der Waals surface area (Å²) in [6.45, 7) is 0. The van der Waals surface area contributed by atoms with Gasteiger partial charge in [0.2, 0.25) is 0 Å². The molecule has 0 unspecified atom stereocenters. The van der Waals surface area contributed by atoms with E-state index in [1.54, 1.807) is 0 Å². The Balaban J connectivity index is 2.93. The summed E-state index contributed by atoms with van der Waals surface area (Å²) in [6, 6.07) is 0. The lowest BCUT2D eigenvalue weighted by Gasteiger charge is -1.84. The largest absolute Gasteiger partial charge is 0.481 e. The Bertz CT molecular complexity index is 91.3. The highest BCUT2D eigenvalue weighted by atomic mass is 31.1. The first-order chi connectivity index (χ1) is 3.77. The van der Waals surface area contributed by atoms with Gasteiger partial charge in [0, 0.05) is 12.6 Å². The van der Waals surface area contributed by atoms with Crippen molar-refractivity contribution in [2.75, 3.05) is 6.16 Å². The van der Waals surface area contributed by atoms with Gasteiger partial charge in [-0.05, 0) is 6.42 Å². The molecule has 46 valence electrons. The fourth-order valence-electron chi connectivity index (χ4n) is 0.295. The van der Waals surface area contributed by atoms with E-state index in [-0.39, 0.29) is 14.9 Å². The molecule has 0 rings (SSSR count). The number of carbonyl (C=O) groups is 1. The maximum Gasteiger partial charge on any atom is 0.303 e. The first kappa shape index (κ1) is 7.57. The van der Waals surface area contributed by atoms with E-state index in [1.807, 2.05) is 0 Å². The van der Waals surface area contributed by atoms with Crippen LogP contribution in [-0.4, -0.2) is 17.2 Å². The molecule has 0 atom stereocenters. The first-order valence-electron chi connectivity index (χ1n) is 2.28. The Hall–Kier alpha value is -0.430. The zero-order valence-corrected chi connectivity index (χ0v) is 5.23. The van der Waals surface area contributed by atoms with Gasteiger partial charge >= 0.3 is 5.97 Å². The Morgan fingerprint density at radius 1 is 1.62 bits per heavy atom. The Labute approximate surface area is 48.9 Å². The summed E-state index contributed by atoms with van der Waals surface area (Å²) in [5, 5.41) is 8.03. The van der Waals surface area contributed by atoms with Gasteiger partial charge in [-0.15, -0.1) is 0 Å². The molecule has 0 aliphatic rings. The molecule has 0 aromatic heterocycles. The first-order valence-corrected chi connectivity index (χ1v) is 3.28. The molecule has 0 radical (unpaired) electrons. The highest BCUT2D eigenvalue weighted by Gasteiger charge is 1.93. The van der Waals surface area contributed by atoms with Crippen LogP contribution in [-0.2, 0) is 9.36 Å². The van der Waals surface area contributed by atoms with E-state index in [0.717, 1.165) is 0 Å². The molecule has 0 spiro atoms. The average Bonchev–Trinajstić information content (AvgIpc) is 1.66. The molecule has 8 heavy (non-hydrogen) atoms. The predicted octanol–water partition coefficient (Wildman–Crippen LogP) is 1.14. The third-order valence-corrected chi connectivity index (χ3v) is 1.14. The van der Waals surface area contributed by atoms with Gasteiger partial charge in [-0.3, -0.25) is 9.36 Å². The molecule has 3 nitrogen and oxygen atoms in total. The summed E-state index contributed by atoms with van der Waals surface area (Å²) in [4.78, 5) is 9.77. The third-order valence-electron chi connectivity index (χ3n) is 0.640. The van der Waals surface area contributed by atoms with Crippen molar-refractivity contribution in [2.24, 2.45) is 0 Å². The summed E-state index contributed by atoms with van der Waals surface area (Å²) in [6.07, 6.45) is 1.07. The molecular formula is C4H7O3P. The molecule has 0 aromatic rings. The Morgan fingerprint density at radius 3 is 2.62 bits per heavy atom. The minimum Gasteiger partial charge on any atom is -0.481 e. The van der Waals surface area contributed by atoms with Gasteiger partial charge < -0.3 is 5.11 Å². The maximum atomic E-state index is 9.77. The van der Waals surface area contributed by atoms with E-state index >= 15 is 0 Å². The SMILES string of the molecule is O=PCCCC(=O)O. The van der Waals surface area contributed by atoms with Gasteiger partial charge in [0.25, 0.3) is 0 Å². The standard InChI is InChI=1S/C4H7O3P/c5-4(6)2-1-3-8-7/h1-3H2,(H,5,6). The summed E-state index contributed by atoms with van der Waals surface area (Å²) in [7, 11) is 0.0371. The number of hydrogen-bond acceptors (Lipinski definition) is 2. The second-order valence-corrected chi connectivity index (χ2v) is 2.06. The number of aliphatic carboxylic acids is 1. The monoisotopic (exact) mass is 134 g/mol. The number of hydrogen-bond donors (Lipinski definition) is 1. The van der Waals surface area contributed by atoms with Crippen molar-refractivity contribution < 1.29 is 14.5 Å². The fourth-order valence-corrected chi connectivity index (χ4v) is 0.582. The van der Waals surface area contributed by atoms with Crippen LogP contribution in [0.4, 0.5) is 0 Å². The molecule has 0 aromatic carbocycles. The third kappa shape index (κ3) is 5.57. The van der Waals surface area contributed by atoms with Gasteiger partial charge in [0.1, 0.15) is 0 Å². The van der Waals surface area contributed by atoms with Crippen LogP contribution in [0, 0.1) is 0 Å². The van der Waals surface area contributed by atoms with Gasteiger partial charge in [-0.25, -0.2) is 0 Å². The highest BCUT2D eigenvalue weighted by molar-refractivity contribution is 7.23. The van der Waals surface area contributed by atoms with E-state index in [0.29, 0.717) is 12.6 Å². The second kappa shape index (κ2) is 4.72. The van der Waals surface area contributed by atoms with Gasteiger partial charge in [0.05, 0.1) is 0 Å². The van der Waals surface area contributed by atoms with Crippen LogP contribution >= 0.6 is 8.46 Å². The van der Waals surface area contributed by atoms with Crippen LogP contribution in [0.1, 0.15) is 12.8 Å². The molecule has 0 heterocycles. The lowest BCUT2D eigenvalue weighted by molar-refractivity contribution is -0.137. The van der Waals surface area contributed by atoms with Gasteiger partial charge in [-0.1, -0.05) is 0 Å². The van der Waals surface area contributed by atoms with Crippen molar-refractivity contribution in [3.8, 4) is 0 Å². The Morgan fingerprint density at radius 2 is 2.25 bits per heavy atom. The zero-order chi connectivity index (χ0) is 6.41. The number of carboxylic acids is 1. The van der Waals surface area contributed by atoms with Gasteiger partial charge in [0.15, 0.2) is 8.46 Å². The molecule has 0 saturated carbocycles. The minimum atomic E-state index is -0.825. The normalized spacial score (nSPS) is 9.50. The van der Waals surface area contributed by atoms with Crippen molar-refractivity contribution in [2.45, 2.75) is 12.8 Å². The van der Waals surface area contributed by atoms with E-state index in [9.17, 15) is 9.36 Å². The number of carboxylic acid groups (broad SMARTS) is 1.